The zero-order chi connectivity index (χ0) is 21.4. The van der Waals surface area contributed by atoms with Crippen molar-refractivity contribution >= 4 is 5.97 Å². The molecule has 6 heteroatoms. The van der Waals surface area contributed by atoms with Crippen LogP contribution in [-0.2, 0) is 11.3 Å². The number of aromatic hydroxyl groups is 1. The zero-order valence-corrected chi connectivity index (χ0v) is 17.1. The Morgan fingerprint density at radius 1 is 1.23 bits per heavy atom. The van der Waals surface area contributed by atoms with E-state index in [1.54, 1.807) is 4.57 Å². The standard InChI is InChI=1S/C24H23NO5/c1-14-9-10-18-17(11-14)21-19(15(2)13-30-18)22(26)20(24(28)29-3)23(27)25(21)12-16-7-5-4-6-8-16/h4-11,15,26H,12-13H2,1-3H3/t15-/m1/s1. The van der Waals surface area contributed by atoms with Gasteiger partial charge in [-0.05, 0) is 24.6 Å². The topological polar surface area (TPSA) is 77.8 Å². The van der Waals surface area contributed by atoms with Crippen LogP contribution in [0.4, 0.5) is 0 Å². The molecule has 0 aliphatic carbocycles. The molecule has 1 N–H and O–H groups in total. The Hall–Kier alpha value is -3.54. The summed E-state index contributed by atoms with van der Waals surface area (Å²) >= 11 is 0. The number of hydrogen-bond donors (Lipinski definition) is 1. The van der Waals surface area contributed by atoms with Gasteiger partial charge in [-0.3, -0.25) is 4.79 Å². The average molecular weight is 405 g/mol. The van der Waals surface area contributed by atoms with E-state index in [1.165, 1.54) is 7.11 Å². The normalized spacial score (nSPS) is 14.8. The molecule has 0 fully saturated rings. The summed E-state index contributed by atoms with van der Waals surface area (Å²) in [5.41, 5.74) is 2.74. The molecule has 2 aromatic carbocycles. The first kappa shape index (κ1) is 19.8. The number of fused-ring (bicyclic) bond motifs is 3. The van der Waals surface area contributed by atoms with Crippen molar-refractivity contribution < 1.29 is 19.4 Å². The molecule has 2 heterocycles. The minimum Gasteiger partial charge on any atom is -0.506 e. The van der Waals surface area contributed by atoms with E-state index in [0.717, 1.165) is 11.1 Å². The summed E-state index contributed by atoms with van der Waals surface area (Å²) in [6, 6.07) is 15.3. The van der Waals surface area contributed by atoms with E-state index in [-0.39, 0.29) is 23.8 Å². The van der Waals surface area contributed by atoms with Crippen molar-refractivity contribution in [2.75, 3.05) is 13.7 Å². The first-order chi connectivity index (χ1) is 14.4. The minimum absolute atomic E-state index is 0.242. The number of esters is 1. The highest BCUT2D eigenvalue weighted by Gasteiger charge is 2.32. The molecule has 0 saturated heterocycles. The van der Waals surface area contributed by atoms with Crippen LogP contribution < -0.4 is 10.3 Å². The van der Waals surface area contributed by atoms with E-state index in [9.17, 15) is 14.7 Å². The van der Waals surface area contributed by atoms with Gasteiger partial charge in [-0.15, -0.1) is 0 Å². The minimum atomic E-state index is -0.857. The van der Waals surface area contributed by atoms with Crippen molar-refractivity contribution in [2.45, 2.75) is 26.3 Å². The molecule has 0 radical (unpaired) electrons. The predicted molar refractivity (Wildman–Crippen MR) is 113 cm³/mol. The second kappa shape index (κ2) is 7.71. The molecule has 1 atom stereocenters. The van der Waals surface area contributed by atoms with E-state index in [0.29, 0.717) is 29.2 Å². The van der Waals surface area contributed by atoms with Crippen molar-refractivity contribution in [2.24, 2.45) is 0 Å². The molecule has 6 nitrogen and oxygen atoms in total. The lowest BCUT2D eigenvalue weighted by molar-refractivity contribution is 0.0594. The van der Waals surface area contributed by atoms with Crippen LogP contribution in [0.2, 0.25) is 0 Å². The molecule has 4 rings (SSSR count). The van der Waals surface area contributed by atoms with Crippen molar-refractivity contribution in [1.82, 2.24) is 4.57 Å². The molecule has 0 unspecified atom stereocenters. The van der Waals surface area contributed by atoms with Crippen molar-refractivity contribution in [1.29, 1.82) is 0 Å². The molecule has 1 aromatic heterocycles. The van der Waals surface area contributed by atoms with Crippen LogP contribution in [0.1, 0.15) is 39.9 Å². The maximum atomic E-state index is 13.4. The summed E-state index contributed by atoms with van der Waals surface area (Å²) in [5, 5.41) is 11.0. The average Bonchev–Trinajstić information content (AvgIpc) is 2.88. The van der Waals surface area contributed by atoms with Crippen molar-refractivity contribution in [3.8, 4) is 22.8 Å². The number of aryl methyl sites for hydroxylation is 1. The third-order valence-electron chi connectivity index (χ3n) is 5.42. The fourth-order valence-corrected chi connectivity index (χ4v) is 3.94. The van der Waals surface area contributed by atoms with Crippen LogP contribution in [0.25, 0.3) is 11.3 Å². The number of carbonyl (C=O) groups is 1. The van der Waals surface area contributed by atoms with Gasteiger partial charge >= 0.3 is 5.97 Å². The molecule has 154 valence electrons. The fourth-order valence-electron chi connectivity index (χ4n) is 3.94. The number of pyridine rings is 1. The first-order valence-corrected chi connectivity index (χ1v) is 9.78. The lowest BCUT2D eigenvalue weighted by atomic mass is 9.92. The molecule has 0 spiro atoms. The van der Waals surface area contributed by atoms with E-state index in [2.05, 4.69) is 0 Å². The van der Waals surface area contributed by atoms with Crippen LogP contribution in [0, 0.1) is 6.92 Å². The Balaban J connectivity index is 2.12. The van der Waals surface area contributed by atoms with Crippen molar-refractivity contribution in [3.05, 3.63) is 81.1 Å². The lowest BCUT2D eigenvalue weighted by Crippen LogP contribution is -2.30. The Bertz CT molecular complexity index is 1180. The summed E-state index contributed by atoms with van der Waals surface area (Å²) in [5.74, 6) is -0.808. The van der Waals surface area contributed by atoms with Gasteiger partial charge in [0.1, 0.15) is 11.5 Å². The molecule has 1 aliphatic heterocycles. The van der Waals surface area contributed by atoms with Crippen LogP contribution in [0.15, 0.2) is 53.3 Å². The van der Waals surface area contributed by atoms with Gasteiger partial charge in [0.2, 0.25) is 0 Å². The number of benzene rings is 2. The van der Waals surface area contributed by atoms with Gasteiger partial charge < -0.3 is 19.1 Å². The van der Waals surface area contributed by atoms with Gasteiger partial charge in [0, 0.05) is 17.0 Å². The molecular formula is C24H23NO5. The van der Waals surface area contributed by atoms with Crippen LogP contribution >= 0.6 is 0 Å². The Morgan fingerprint density at radius 2 is 1.97 bits per heavy atom. The van der Waals surface area contributed by atoms with Gasteiger partial charge in [-0.25, -0.2) is 4.79 Å². The third kappa shape index (κ3) is 3.24. The first-order valence-electron chi connectivity index (χ1n) is 9.78. The summed E-state index contributed by atoms with van der Waals surface area (Å²) in [7, 11) is 1.19. The van der Waals surface area contributed by atoms with Gasteiger partial charge in [0.15, 0.2) is 5.56 Å². The molecule has 0 bridgehead atoms. The lowest BCUT2D eigenvalue weighted by Gasteiger charge is -2.21. The Labute approximate surface area is 174 Å². The number of carbonyl (C=O) groups excluding carboxylic acids is 1. The number of rotatable bonds is 3. The molecule has 3 aromatic rings. The Kier molecular flexibility index (Phi) is 5.08. The maximum Gasteiger partial charge on any atom is 0.347 e. The van der Waals surface area contributed by atoms with E-state index < -0.39 is 11.5 Å². The highest BCUT2D eigenvalue weighted by Crippen LogP contribution is 2.43. The molecule has 1 aliphatic rings. The number of ether oxygens (including phenoxy) is 2. The largest absolute Gasteiger partial charge is 0.506 e. The fraction of sp³-hybridized carbons (Fsp3) is 0.250. The predicted octanol–water partition coefficient (Wildman–Crippen LogP) is 3.86. The highest BCUT2D eigenvalue weighted by molar-refractivity contribution is 5.94. The molecule has 0 saturated carbocycles. The zero-order valence-electron chi connectivity index (χ0n) is 17.1. The third-order valence-corrected chi connectivity index (χ3v) is 5.42. The summed E-state index contributed by atoms with van der Waals surface area (Å²) in [4.78, 5) is 25.9. The second-order valence-corrected chi connectivity index (χ2v) is 7.57. The van der Waals surface area contributed by atoms with Crippen molar-refractivity contribution in [3.63, 3.8) is 0 Å². The SMILES string of the molecule is COC(=O)c1c(O)c2c(n(Cc3ccccc3)c1=O)-c1cc(C)ccc1OC[C@H]2C. The van der Waals surface area contributed by atoms with Gasteiger partial charge in [0.05, 0.1) is 26.0 Å². The van der Waals surface area contributed by atoms with Gasteiger partial charge in [0.25, 0.3) is 5.56 Å². The second-order valence-electron chi connectivity index (χ2n) is 7.57. The number of aromatic nitrogens is 1. The van der Waals surface area contributed by atoms with Crippen LogP contribution in [0.3, 0.4) is 0 Å². The maximum absolute atomic E-state index is 13.4. The van der Waals surface area contributed by atoms with Gasteiger partial charge in [-0.1, -0.05) is 48.9 Å². The summed E-state index contributed by atoms with van der Waals surface area (Å²) in [6.45, 7) is 4.40. The number of methoxy groups -OCH3 is 1. The quantitative estimate of drug-likeness (QED) is 0.670. The molecule has 30 heavy (non-hydrogen) atoms. The summed E-state index contributed by atoms with van der Waals surface area (Å²) in [6.07, 6.45) is 0. The molecule has 0 amide bonds. The smallest absolute Gasteiger partial charge is 0.347 e. The van der Waals surface area contributed by atoms with Crippen LogP contribution in [-0.4, -0.2) is 29.4 Å². The molecular weight excluding hydrogens is 382 g/mol. The van der Waals surface area contributed by atoms with Crippen LogP contribution in [0.5, 0.6) is 11.5 Å². The summed E-state index contributed by atoms with van der Waals surface area (Å²) < 4.78 is 12.3. The van der Waals surface area contributed by atoms with E-state index in [1.807, 2.05) is 62.4 Å². The highest BCUT2D eigenvalue weighted by atomic mass is 16.5. The monoisotopic (exact) mass is 405 g/mol. The number of nitrogens with zero attached hydrogens (tertiary/aromatic N) is 1. The van der Waals surface area contributed by atoms with E-state index in [4.69, 9.17) is 9.47 Å². The van der Waals surface area contributed by atoms with Gasteiger partial charge in [-0.2, -0.15) is 0 Å². The number of hydrogen-bond acceptors (Lipinski definition) is 5. The van der Waals surface area contributed by atoms with E-state index >= 15 is 0 Å². The Morgan fingerprint density at radius 3 is 2.67 bits per heavy atom.